The number of aromatic nitrogens is 3. The fourth-order valence-electron chi connectivity index (χ4n) is 4.20. The van der Waals surface area contributed by atoms with Gasteiger partial charge in [-0.3, -0.25) is 4.79 Å². The molecular formula is C27H25N5O3. The molecule has 8 heteroatoms. The number of hydrogen-bond donors (Lipinski definition) is 2. The lowest BCUT2D eigenvalue weighted by molar-refractivity contribution is -0.115. The Morgan fingerprint density at radius 3 is 2.43 bits per heavy atom. The van der Waals surface area contributed by atoms with Gasteiger partial charge in [0.05, 0.1) is 12.7 Å². The van der Waals surface area contributed by atoms with Gasteiger partial charge in [-0.15, -0.1) is 5.10 Å². The molecule has 35 heavy (non-hydrogen) atoms. The second-order valence-corrected chi connectivity index (χ2v) is 8.18. The number of primary amides is 1. The standard InChI is InChI=1S/C27H25N5O3/c1-17-23(25(28)33)24(32-27(29-17)30-26(31-32)19-11-7-4-8-12-19)20-13-14-21(22(15-20)34-2)35-16-18-9-5-3-6-10-18/h3-15,24H,16H2,1-2H3,(H2,28,33)(H,29,30,31). The van der Waals surface area contributed by atoms with E-state index in [0.717, 1.165) is 16.7 Å². The molecule has 0 saturated heterocycles. The molecule has 0 fully saturated rings. The van der Waals surface area contributed by atoms with E-state index in [-0.39, 0.29) is 0 Å². The van der Waals surface area contributed by atoms with Gasteiger partial charge >= 0.3 is 0 Å². The first-order valence-electron chi connectivity index (χ1n) is 11.2. The topological polar surface area (TPSA) is 104 Å². The molecule has 1 unspecified atom stereocenters. The van der Waals surface area contributed by atoms with Crippen molar-refractivity contribution in [2.45, 2.75) is 19.6 Å². The number of carbonyl (C=O) groups excluding carboxylic acids is 1. The summed E-state index contributed by atoms with van der Waals surface area (Å²) in [7, 11) is 1.58. The first-order chi connectivity index (χ1) is 17.0. The van der Waals surface area contributed by atoms with Gasteiger partial charge in [0.1, 0.15) is 12.6 Å². The molecule has 1 amide bonds. The Balaban J connectivity index is 1.54. The number of ether oxygens (including phenoxy) is 2. The fraction of sp³-hybridized carbons (Fsp3) is 0.148. The van der Waals surface area contributed by atoms with E-state index in [2.05, 4.69) is 10.3 Å². The number of allylic oxidation sites excluding steroid dienone is 1. The maximum absolute atomic E-state index is 12.5. The Labute approximate surface area is 203 Å². The third-order valence-electron chi connectivity index (χ3n) is 5.89. The van der Waals surface area contributed by atoms with Crippen LogP contribution in [0.4, 0.5) is 5.95 Å². The lowest BCUT2D eigenvalue weighted by atomic mass is 9.95. The molecular weight excluding hydrogens is 442 g/mol. The maximum Gasteiger partial charge on any atom is 0.248 e. The van der Waals surface area contributed by atoms with E-state index < -0.39 is 11.9 Å². The van der Waals surface area contributed by atoms with Crippen LogP contribution in [0.5, 0.6) is 11.5 Å². The second kappa shape index (κ2) is 9.34. The Hall–Kier alpha value is -4.59. The normalized spacial score (nSPS) is 14.7. The van der Waals surface area contributed by atoms with E-state index in [1.807, 2.05) is 85.8 Å². The molecule has 0 radical (unpaired) electrons. The molecule has 1 aliphatic rings. The Morgan fingerprint density at radius 2 is 1.74 bits per heavy atom. The number of amides is 1. The number of anilines is 1. The number of carbonyl (C=O) groups is 1. The summed E-state index contributed by atoms with van der Waals surface area (Å²) < 4.78 is 13.3. The third kappa shape index (κ3) is 4.33. The highest BCUT2D eigenvalue weighted by Crippen LogP contribution is 2.39. The van der Waals surface area contributed by atoms with Gasteiger partial charge in [0.25, 0.3) is 0 Å². The summed E-state index contributed by atoms with van der Waals surface area (Å²) in [5.41, 5.74) is 9.55. The molecule has 1 atom stereocenters. The van der Waals surface area contributed by atoms with Crippen molar-refractivity contribution in [1.29, 1.82) is 0 Å². The van der Waals surface area contributed by atoms with Crippen molar-refractivity contribution in [2.75, 3.05) is 12.4 Å². The largest absolute Gasteiger partial charge is 0.493 e. The molecule has 5 rings (SSSR count). The monoisotopic (exact) mass is 467 g/mol. The van der Waals surface area contributed by atoms with Crippen LogP contribution in [0.15, 0.2) is 90.1 Å². The van der Waals surface area contributed by atoms with Crippen molar-refractivity contribution in [2.24, 2.45) is 5.73 Å². The highest BCUT2D eigenvalue weighted by Gasteiger charge is 2.34. The van der Waals surface area contributed by atoms with Crippen LogP contribution in [0.2, 0.25) is 0 Å². The number of nitrogens with zero attached hydrogens (tertiary/aromatic N) is 3. The number of benzene rings is 3. The zero-order chi connectivity index (χ0) is 24.4. The fourth-order valence-corrected chi connectivity index (χ4v) is 4.20. The SMILES string of the molecule is COc1cc(C2C(C(N)=O)=C(C)Nc3nc(-c4ccccc4)nn32)ccc1OCc1ccccc1. The summed E-state index contributed by atoms with van der Waals surface area (Å²) in [6.07, 6.45) is 0. The van der Waals surface area contributed by atoms with Crippen LogP contribution < -0.4 is 20.5 Å². The van der Waals surface area contributed by atoms with Gasteiger partial charge in [-0.05, 0) is 30.2 Å². The lowest BCUT2D eigenvalue weighted by Gasteiger charge is -2.28. The van der Waals surface area contributed by atoms with Crippen molar-refractivity contribution in [1.82, 2.24) is 14.8 Å². The van der Waals surface area contributed by atoms with Crippen LogP contribution in [0.3, 0.4) is 0 Å². The number of rotatable bonds is 7. The zero-order valence-corrected chi connectivity index (χ0v) is 19.4. The van der Waals surface area contributed by atoms with Crippen LogP contribution in [0.1, 0.15) is 24.1 Å². The molecule has 0 spiro atoms. The Kier molecular flexibility index (Phi) is 5.93. The second-order valence-electron chi connectivity index (χ2n) is 8.18. The van der Waals surface area contributed by atoms with Gasteiger partial charge in [-0.25, -0.2) is 4.68 Å². The molecule has 1 aliphatic heterocycles. The Morgan fingerprint density at radius 1 is 1.03 bits per heavy atom. The highest BCUT2D eigenvalue weighted by atomic mass is 16.5. The zero-order valence-electron chi connectivity index (χ0n) is 19.4. The van der Waals surface area contributed by atoms with E-state index in [9.17, 15) is 4.79 Å². The first kappa shape index (κ1) is 22.2. The molecule has 4 aromatic rings. The van der Waals surface area contributed by atoms with Crippen molar-refractivity contribution in [3.05, 3.63) is 101 Å². The summed E-state index contributed by atoms with van der Waals surface area (Å²) in [5, 5.41) is 7.90. The minimum absolute atomic E-state index is 0.405. The van der Waals surface area contributed by atoms with Crippen LogP contribution in [-0.2, 0) is 11.4 Å². The van der Waals surface area contributed by atoms with Crippen LogP contribution >= 0.6 is 0 Å². The number of nitrogens with two attached hydrogens (primary N) is 1. The first-order valence-corrected chi connectivity index (χ1v) is 11.2. The van der Waals surface area contributed by atoms with Gasteiger partial charge in [0.2, 0.25) is 11.9 Å². The minimum Gasteiger partial charge on any atom is -0.493 e. The quantitative estimate of drug-likeness (QED) is 0.420. The summed E-state index contributed by atoms with van der Waals surface area (Å²) >= 11 is 0. The van der Waals surface area contributed by atoms with Gasteiger partial charge in [-0.2, -0.15) is 4.98 Å². The maximum atomic E-state index is 12.5. The van der Waals surface area contributed by atoms with Gasteiger partial charge < -0.3 is 20.5 Å². The third-order valence-corrected chi connectivity index (χ3v) is 5.89. The van der Waals surface area contributed by atoms with Crippen molar-refractivity contribution in [3.8, 4) is 22.9 Å². The predicted octanol–water partition coefficient (Wildman–Crippen LogP) is 4.31. The number of hydrogen-bond acceptors (Lipinski definition) is 6. The molecule has 3 N–H and O–H groups in total. The molecule has 176 valence electrons. The lowest BCUT2D eigenvalue weighted by Crippen LogP contribution is -2.31. The smallest absolute Gasteiger partial charge is 0.248 e. The molecule has 0 aliphatic carbocycles. The van der Waals surface area contributed by atoms with Crippen molar-refractivity contribution in [3.63, 3.8) is 0 Å². The van der Waals surface area contributed by atoms with Gasteiger partial charge in [0.15, 0.2) is 17.3 Å². The predicted molar refractivity (Wildman–Crippen MR) is 133 cm³/mol. The minimum atomic E-state index is -0.578. The molecule has 1 aromatic heterocycles. The Bertz CT molecular complexity index is 1400. The van der Waals surface area contributed by atoms with Crippen molar-refractivity contribution < 1.29 is 14.3 Å². The average Bonchev–Trinajstić information content (AvgIpc) is 3.31. The van der Waals surface area contributed by atoms with Gasteiger partial charge in [-0.1, -0.05) is 66.7 Å². The summed E-state index contributed by atoms with van der Waals surface area (Å²) in [6, 6.07) is 24.6. The number of fused-ring (bicyclic) bond motifs is 1. The number of nitrogens with one attached hydrogen (secondary N) is 1. The molecule has 3 aromatic carbocycles. The summed E-state index contributed by atoms with van der Waals surface area (Å²) in [4.78, 5) is 17.2. The van der Waals surface area contributed by atoms with Crippen LogP contribution in [0.25, 0.3) is 11.4 Å². The van der Waals surface area contributed by atoms with E-state index >= 15 is 0 Å². The van der Waals surface area contributed by atoms with Crippen LogP contribution in [0, 0.1) is 0 Å². The van der Waals surface area contributed by atoms with E-state index in [1.54, 1.807) is 11.8 Å². The highest BCUT2D eigenvalue weighted by molar-refractivity contribution is 5.95. The van der Waals surface area contributed by atoms with Crippen LogP contribution in [-0.4, -0.2) is 27.8 Å². The van der Waals surface area contributed by atoms with E-state index in [4.69, 9.17) is 20.3 Å². The summed E-state index contributed by atoms with van der Waals surface area (Å²) in [6.45, 7) is 2.21. The molecule has 0 saturated carbocycles. The molecule has 2 heterocycles. The molecule has 8 nitrogen and oxygen atoms in total. The van der Waals surface area contributed by atoms with E-state index in [0.29, 0.717) is 41.1 Å². The van der Waals surface area contributed by atoms with E-state index in [1.165, 1.54) is 0 Å². The average molecular weight is 468 g/mol. The number of methoxy groups -OCH3 is 1. The van der Waals surface area contributed by atoms with Gasteiger partial charge in [0, 0.05) is 11.3 Å². The molecule has 0 bridgehead atoms. The summed E-state index contributed by atoms with van der Waals surface area (Å²) in [5.74, 6) is 1.68. The van der Waals surface area contributed by atoms with Crippen molar-refractivity contribution >= 4 is 11.9 Å².